The first kappa shape index (κ1) is 20.5. The van der Waals surface area contributed by atoms with E-state index in [9.17, 15) is 4.79 Å². The molecule has 0 bridgehead atoms. The maximum atomic E-state index is 12.4. The van der Waals surface area contributed by atoms with Crippen molar-refractivity contribution < 1.29 is 14.1 Å². The standard InChI is InChI=1S/C22H26N4O3S/c1-13-10-18(29-26-13)17-12-23-14(2)25-21(17)16-6-4-15(5-7-16)11-24-22(27)19-8-9-20(28-3)30-19/h8-10,12,15-16H,4-7,11H2,1-3H3,(H,24,27). The zero-order valence-electron chi connectivity index (χ0n) is 17.5. The maximum Gasteiger partial charge on any atom is 0.261 e. The predicted molar refractivity (Wildman–Crippen MR) is 115 cm³/mol. The lowest BCUT2D eigenvalue weighted by atomic mass is 9.79. The van der Waals surface area contributed by atoms with E-state index >= 15 is 0 Å². The second kappa shape index (κ2) is 8.95. The molecule has 3 aromatic rings. The van der Waals surface area contributed by atoms with Crippen molar-refractivity contribution in [3.8, 4) is 16.4 Å². The molecule has 1 amide bonds. The summed E-state index contributed by atoms with van der Waals surface area (Å²) < 4.78 is 10.6. The second-order valence-electron chi connectivity index (χ2n) is 7.80. The Balaban J connectivity index is 1.37. The molecule has 0 aliphatic heterocycles. The largest absolute Gasteiger partial charge is 0.487 e. The Morgan fingerprint density at radius 2 is 2.07 bits per heavy atom. The number of amides is 1. The van der Waals surface area contributed by atoms with E-state index in [2.05, 4.69) is 15.5 Å². The van der Waals surface area contributed by atoms with Gasteiger partial charge >= 0.3 is 0 Å². The highest BCUT2D eigenvalue weighted by Crippen LogP contribution is 2.39. The molecule has 0 radical (unpaired) electrons. The molecule has 3 heterocycles. The topological polar surface area (TPSA) is 90.1 Å². The van der Waals surface area contributed by atoms with Gasteiger partial charge in [-0.2, -0.15) is 0 Å². The van der Waals surface area contributed by atoms with Gasteiger partial charge in [-0.1, -0.05) is 16.5 Å². The molecule has 0 atom stereocenters. The Hall–Kier alpha value is -2.74. The van der Waals surface area contributed by atoms with Crippen molar-refractivity contribution in [1.82, 2.24) is 20.4 Å². The fraction of sp³-hybridized carbons (Fsp3) is 0.455. The van der Waals surface area contributed by atoms with E-state index in [1.165, 1.54) is 11.3 Å². The Kier molecular flexibility index (Phi) is 6.13. The molecule has 0 unspecified atom stereocenters. The van der Waals surface area contributed by atoms with Crippen LogP contribution < -0.4 is 10.1 Å². The zero-order valence-corrected chi connectivity index (χ0v) is 18.3. The van der Waals surface area contributed by atoms with Gasteiger partial charge in [-0.05, 0) is 57.6 Å². The summed E-state index contributed by atoms with van der Waals surface area (Å²) in [6.07, 6.45) is 6.01. The van der Waals surface area contributed by atoms with Gasteiger partial charge in [0.15, 0.2) is 10.8 Å². The van der Waals surface area contributed by atoms with Crippen LogP contribution in [0.3, 0.4) is 0 Å². The van der Waals surface area contributed by atoms with Crippen LogP contribution in [-0.2, 0) is 0 Å². The van der Waals surface area contributed by atoms with Gasteiger partial charge in [0.05, 0.1) is 28.9 Å². The van der Waals surface area contributed by atoms with Crippen molar-refractivity contribution >= 4 is 17.2 Å². The first-order valence-electron chi connectivity index (χ1n) is 10.2. The Morgan fingerprint density at radius 3 is 2.73 bits per heavy atom. The van der Waals surface area contributed by atoms with E-state index in [0.717, 1.165) is 59.3 Å². The smallest absolute Gasteiger partial charge is 0.261 e. The van der Waals surface area contributed by atoms with Crippen LogP contribution in [0.1, 0.15) is 58.5 Å². The van der Waals surface area contributed by atoms with Crippen LogP contribution >= 0.6 is 11.3 Å². The highest BCUT2D eigenvalue weighted by molar-refractivity contribution is 7.15. The molecule has 1 aliphatic rings. The van der Waals surface area contributed by atoms with E-state index in [1.54, 1.807) is 13.2 Å². The van der Waals surface area contributed by atoms with Crippen molar-refractivity contribution in [3.63, 3.8) is 0 Å². The minimum atomic E-state index is -0.0279. The highest BCUT2D eigenvalue weighted by atomic mass is 32.1. The number of methoxy groups -OCH3 is 1. The SMILES string of the molecule is COc1ccc(C(=O)NCC2CCC(c3nc(C)ncc3-c3cc(C)no3)CC2)s1. The van der Waals surface area contributed by atoms with Gasteiger partial charge in [0.25, 0.3) is 5.91 Å². The van der Waals surface area contributed by atoms with Crippen LogP contribution in [0.4, 0.5) is 0 Å². The number of aromatic nitrogens is 3. The normalized spacial score (nSPS) is 18.9. The predicted octanol–water partition coefficient (Wildman–Crippen LogP) is 4.52. The Morgan fingerprint density at radius 1 is 1.27 bits per heavy atom. The molecule has 0 saturated heterocycles. The van der Waals surface area contributed by atoms with Crippen molar-refractivity contribution in [2.75, 3.05) is 13.7 Å². The second-order valence-corrected chi connectivity index (χ2v) is 8.85. The summed E-state index contributed by atoms with van der Waals surface area (Å²) in [6, 6.07) is 5.56. The van der Waals surface area contributed by atoms with Gasteiger partial charge in [0, 0.05) is 24.7 Å². The van der Waals surface area contributed by atoms with Crippen LogP contribution in [0, 0.1) is 19.8 Å². The van der Waals surface area contributed by atoms with Gasteiger partial charge in [0.2, 0.25) is 0 Å². The minimum Gasteiger partial charge on any atom is -0.487 e. The lowest BCUT2D eigenvalue weighted by Gasteiger charge is -2.29. The third-order valence-corrected chi connectivity index (χ3v) is 6.67. The van der Waals surface area contributed by atoms with Crippen LogP contribution in [0.2, 0.25) is 0 Å². The molecule has 1 fully saturated rings. The number of aryl methyl sites for hydroxylation is 2. The number of carbonyl (C=O) groups excluding carboxylic acids is 1. The summed E-state index contributed by atoms with van der Waals surface area (Å²) in [7, 11) is 1.61. The zero-order chi connectivity index (χ0) is 21.1. The van der Waals surface area contributed by atoms with E-state index in [-0.39, 0.29) is 5.91 Å². The number of carbonyl (C=O) groups is 1. The number of rotatable bonds is 6. The van der Waals surface area contributed by atoms with Crippen molar-refractivity contribution in [1.29, 1.82) is 0 Å². The van der Waals surface area contributed by atoms with Crippen molar-refractivity contribution in [3.05, 3.63) is 46.5 Å². The molecule has 158 valence electrons. The average molecular weight is 427 g/mol. The quantitative estimate of drug-likeness (QED) is 0.623. The monoisotopic (exact) mass is 426 g/mol. The molecule has 3 aromatic heterocycles. The maximum absolute atomic E-state index is 12.4. The number of thiophene rings is 1. The third-order valence-electron chi connectivity index (χ3n) is 5.62. The summed E-state index contributed by atoms with van der Waals surface area (Å²) in [5.74, 6) is 2.31. The van der Waals surface area contributed by atoms with Gasteiger partial charge in [-0.15, -0.1) is 0 Å². The number of nitrogens with one attached hydrogen (secondary N) is 1. The molecule has 1 aliphatic carbocycles. The van der Waals surface area contributed by atoms with Crippen LogP contribution in [0.25, 0.3) is 11.3 Å². The fourth-order valence-corrected chi connectivity index (χ4v) is 4.73. The molecular formula is C22H26N4O3S. The van der Waals surface area contributed by atoms with E-state index in [0.29, 0.717) is 23.3 Å². The van der Waals surface area contributed by atoms with Crippen LogP contribution in [0.15, 0.2) is 28.9 Å². The third kappa shape index (κ3) is 4.53. The summed E-state index contributed by atoms with van der Waals surface area (Å²) in [4.78, 5) is 22.2. The number of ether oxygens (including phenoxy) is 1. The molecule has 0 aromatic carbocycles. The minimum absolute atomic E-state index is 0.0279. The van der Waals surface area contributed by atoms with Crippen molar-refractivity contribution in [2.45, 2.75) is 45.4 Å². The van der Waals surface area contributed by atoms with Crippen LogP contribution in [0.5, 0.6) is 5.06 Å². The molecule has 8 heteroatoms. The van der Waals surface area contributed by atoms with Gasteiger partial charge in [-0.25, -0.2) is 9.97 Å². The lowest BCUT2D eigenvalue weighted by Crippen LogP contribution is -2.30. The average Bonchev–Trinajstić information content (AvgIpc) is 3.41. The molecule has 7 nitrogen and oxygen atoms in total. The van der Waals surface area contributed by atoms with Gasteiger partial charge in [0.1, 0.15) is 5.82 Å². The van der Waals surface area contributed by atoms with Gasteiger partial charge < -0.3 is 14.6 Å². The summed E-state index contributed by atoms with van der Waals surface area (Å²) >= 11 is 1.37. The first-order valence-corrected chi connectivity index (χ1v) is 11.0. The summed E-state index contributed by atoms with van der Waals surface area (Å²) in [5.41, 5.74) is 2.83. The lowest BCUT2D eigenvalue weighted by molar-refractivity contribution is 0.0947. The van der Waals surface area contributed by atoms with Crippen LogP contribution in [-0.4, -0.2) is 34.7 Å². The number of nitrogens with zero attached hydrogens (tertiary/aromatic N) is 3. The molecule has 1 saturated carbocycles. The Bertz CT molecular complexity index is 1020. The summed E-state index contributed by atoms with van der Waals surface area (Å²) in [5, 5.41) is 7.83. The molecular weight excluding hydrogens is 400 g/mol. The van der Waals surface area contributed by atoms with Gasteiger partial charge in [-0.3, -0.25) is 4.79 Å². The fourth-order valence-electron chi connectivity index (χ4n) is 4.00. The molecule has 1 N–H and O–H groups in total. The Labute approximate surface area is 179 Å². The summed E-state index contributed by atoms with van der Waals surface area (Å²) in [6.45, 7) is 4.52. The highest BCUT2D eigenvalue weighted by Gasteiger charge is 2.27. The first-order chi connectivity index (χ1) is 14.5. The molecule has 0 spiro atoms. The van der Waals surface area contributed by atoms with E-state index < -0.39 is 0 Å². The van der Waals surface area contributed by atoms with E-state index in [1.807, 2.05) is 32.2 Å². The number of hydrogen-bond acceptors (Lipinski definition) is 7. The van der Waals surface area contributed by atoms with E-state index in [4.69, 9.17) is 14.2 Å². The van der Waals surface area contributed by atoms with Crippen molar-refractivity contribution in [2.24, 2.45) is 5.92 Å². The molecule has 30 heavy (non-hydrogen) atoms. The molecule has 4 rings (SSSR count). The number of hydrogen-bond donors (Lipinski definition) is 1.